The predicted molar refractivity (Wildman–Crippen MR) is 163 cm³/mol. The van der Waals surface area contributed by atoms with E-state index in [4.69, 9.17) is 30.5 Å². The van der Waals surface area contributed by atoms with Crippen LogP contribution in [0.5, 0.6) is 0 Å². The quantitative estimate of drug-likeness (QED) is 0.157. The second-order valence-electron chi connectivity index (χ2n) is 11.1. The lowest BCUT2D eigenvalue weighted by Crippen LogP contribution is -2.40. The van der Waals surface area contributed by atoms with E-state index in [0.717, 1.165) is 0 Å². The molecule has 2 fully saturated rings. The van der Waals surface area contributed by atoms with Crippen molar-refractivity contribution in [3.63, 3.8) is 0 Å². The highest BCUT2D eigenvalue weighted by Gasteiger charge is 2.51. The van der Waals surface area contributed by atoms with Gasteiger partial charge in [-0.2, -0.15) is 9.97 Å². The molecule has 2 aliphatic heterocycles. The highest BCUT2D eigenvalue weighted by atomic mass is 35.5. The minimum Gasteiger partial charge on any atom is -0.463 e. The summed E-state index contributed by atoms with van der Waals surface area (Å²) < 4.78 is 24.1. The Bertz CT molecular complexity index is 1650. The summed E-state index contributed by atoms with van der Waals surface area (Å²) in [5, 5.41) is -0.00583. The van der Waals surface area contributed by atoms with Crippen LogP contribution < -0.4 is 4.90 Å². The number of hydrogen-bond donors (Lipinski definition) is 0. The van der Waals surface area contributed by atoms with Crippen LogP contribution in [0.25, 0.3) is 11.2 Å². The van der Waals surface area contributed by atoms with Crippen molar-refractivity contribution in [2.75, 3.05) is 24.6 Å². The van der Waals surface area contributed by atoms with Crippen molar-refractivity contribution in [1.82, 2.24) is 19.5 Å². The Kier molecular flexibility index (Phi) is 8.68. The normalized spacial score (nSPS) is 24.5. The number of anilines is 1. The first-order valence-corrected chi connectivity index (χ1v) is 15.0. The van der Waals surface area contributed by atoms with E-state index in [1.165, 1.54) is 38.2 Å². The molecule has 0 saturated carbocycles. The third kappa shape index (κ3) is 6.34. The summed E-state index contributed by atoms with van der Waals surface area (Å²) in [6, 6.07) is 20.7. The first kappa shape index (κ1) is 30.5. The van der Waals surface area contributed by atoms with Crippen molar-refractivity contribution in [3.8, 4) is 0 Å². The molecule has 0 aliphatic carbocycles. The lowest BCUT2D eigenvalue weighted by molar-refractivity contribution is -0.166. The van der Waals surface area contributed by atoms with Crippen LogP contribution in [0.3, 0.4) is 0 Å². The number of hydrogen-bond acceptors (Lipinski definition) is 11. The van der Waals surface area contributed by atoms with E-state index in [0.29, 0.717) is 30.1 Å². The van der Waals surface area contributed by atoms with Crippen molar-refractivity contribution in [2.24, 2.45) is 0 Å². The molecule has 234 valence electrons. The second-order valence-corrected chi connectivity index (χ2v) is 11.4. The molecule has 45 heavy (non-hydrogen) atoms. The van der Waals surface area contributed by atoms with E-state index >= 15 is 0 Å². The Morgan fingerprint density at radius 3 is 1.98 bits per heavy atom. The predicted octanol–water partition coefficient (Wildman–Crippen LogP) is 4.19. The zero-order chi connectivity index (χ0) is 31.7. The minimum absolute atomic E-state index is 0.00583. The third-order valence-corrected chi connectivity index (χ3v) is 8.23. The van der Waals surface area contributed by atoms with Gasteiger partial charge in [0, 0.05) is 45.7 Å². The molecule has 0 bridgehead atoms. The number of carbonyl (C=O) groups excluding carboxylic acids is 3. The maximum atomic E-state index is 12.2. The van der Waals surface area contributed by atoms with Gasteiger partial charge >= 0.3 is 17.9 Å². The number of carbonyl (C=O) groups is 3. The van der Waals surface area contributed by atoms with Crippen LogP contribution in [0.1, 0.15) is 50.0 Å². The molecular weight excluding hydrogens is 602 g/mol. The minimum atomic E-state index is -1.10. The van der Waals surface area contributed by atoms with Gasteiger partial charge in [0.15, 0.2) is 35.4 Å². The maximum Gasteiger partial charge on any atom is 0.303 e. The van der Waals surface area contributed by atoms with Crippen molar-refractivity contribution >= 4 is 46.5 Å². The van der Waals surface area contributed by atoms with Gasteiger partial charge in [-0.25, -0.2) is 4.98 Å². The van der Waals surface area contributed by atoms with E-state index in [9.17, 15) is 14.4 Å². The first-order chi connectivity index (χ1) is 21.7. The summed E-state index contributed by atoms with van der Waals surface area (Å²) in [5.41, 5.74) is 3.24. The van der Waals surface area contributed by atoms with Crippen LogP contribution in [0.2, 0.25) is 5.28 Å². The summed E-state index contributed by atoms with van der Waals surface area (Å²) >= 11 is 6.53. The fraction of sp³-hybridized carbons (Fsp3) is 0.375. The van der Waals surface area contributed by atoms with Gasteiger partial charge in [0.05, 0.1) is 6.33 Å². The van der Waals surface area contributed by atoms with E-state index in [1.807, 2.05) is 36.4 Å². The molecule has 0 spiro atoms. The molecule has 2 saturated heterocycles. The number of rotatable bonds is 8. The Morgan fingerprint density at radius 1 is 0.844 bits per heavy atom. The number of fused-ring (bicyclic) bond motifs is 1. The number of halogens is 1. The number of aromatic nitrogens is 4. The standard InChI is InChI=1S/C32H32ClN5O7/c1-18(39)42-16-25-27(43-19(2)40)28(44-20(3)41)31(45-25)38-17-34-26-29(35-32(33)36-30(26)38)37-14-23(21-10-6-4-7-11-21)24(15-37)22-12-8-5-9-13-22/h4-13,17,23-25,27-28,31H,14-16H2,1-3H3. The molecule has 4 heterocycles. The zero-order valence-corrected chi connectivity index (χ0v) is 25.7. The first-order valence-electron chi connectivity index (χ1n) is 14.6. The molecule has 2 aliphatic rings. The fourth-order valence-corrected chi connectivity index (χ4v) is 6.41. The van der Waals surface area contributed by atoms with Crippen molar-refractivity contribution in [3.05, 3.63) is 83.4 Å². The Hall–Kier alpha value is -4.55. The highest BCUT2D eigenvalue weighted by molar-refractivity contribution is 6.28. The Morgan fingerprint density at radius 2 is 1.42 bits per heavy atom. The molecule has 6 atom stereocenters. The SMILES string of the molecule is CC(=O)OCC1OC(n2cnc3c(N4CC(c5ccccc5)C(c5ccccc5)C4)nc(Cl)nc32)C(OC(C)=O)C1OC(C)=O. The van der Waals surface area contributed by atoms with Crippen LogP contribution >= 0.6 is 11.6 Å². The summed E-state index contributed by atoms with van der Waals surface area (Å²) in [7, 11) is 0. The molecule has 0 radical (unpaired) electrons. The van der Waals surface area contributed by atoms with Gasteiger partial charge in [0.1, 0.15) is 12.7 Å². The van der Waals surface area contributed by atoms with Gasteiger partial charge in [-0.1, -0.05) is 60.7 Å². The van der Waals surface area contributed by atoms with E-state index in [2.05, 4.69) is 44.1 Å². The number of nitrogens with zero attached hydrogens (tertiary/aromatic N) is 5. The maximum absolute atomic E-state index is 12.2. The number of benzene rings is 2. The van der Waals surface area contributed by atoms with Crippen LogP contribution in [-0.2, 0) is 33.3 Å². The summed E-state index contributed by atoms with van der Waals surface area (Å²) in [6.45, 7) is 4.81. The number of imidazole rings is 1. The molecular formula is C32H32ClN5O7. The van der Waals surface area contributed by atoms with E-state index < -0.39 is 42.4 Å². The van der Waals surface area contributed by atoms with Crippen LogP contribution in [-0.4, -0.2) is 75.4 Å². The van der Waals surface area contributed by atoms with Crippen LogP contribution in [0.4, 0.5) is 5.82 Å². The summed E-state index contributed by atoms with van der Waals surface area (Å²) in [4.78, 5) is 51.7. The van der Waals surface area contributed by atoms with E-state index in [-0.39, 0.29) is 23.7 Å². The van der Waals surface area contributed by atoms with Gasteiger partial charge in [-0.3, -0.25) is 19.0 Å². The average Bonchev–Trinajstić information content (AvgIpc) is 3.72. The van der Waals surface area contributed by atoms with Crippen molar-refractivity contribution in [2.45, 2.75) is 57.1 Å². The molecule has 2 aromatic heterocycles. The highest BCUT2D eigenvalue weighted by Crippen LogP contribution is 2.43. The molecule has 4 aromatic rings. The number of esters is 3. The average molecular weight is 634 g/mol. The Balaban J connectivity index is 1.39. The molecule has 13 heteroatoms. The molecule has 0 amide bonds. The molecule has 12 nitrogen and oxygen atoms in total. The van der Waals surface area contributed by atoms with Gasteiger partial charge in [0.25, 0.3) is 0 Å². The largest absolute Gasteiger partial charge is 0.463 e. The van der Waals surface area contributed by atoms with Gasteiger partial charge in [-0.05, 0) is 22.7 Å². The Labute approximate surface area is 264 Å². The second kappa shape index (κ2) is 12.8. The molecule has 0 N–H and O–H groups in total. The van der Waals surface area contributed by atoms with Gasteiger partial charge < -0.3 is 23.8 Å². The fourth-order valence-electron chi connectivity index (χ4n) is 6.25. The summed E-state index contributed by atoms with van der Waals surface area (Å²) in [6.07, 6.45) is -2.63. The zero-order valence-electron chi connectivity index (χ0n) is 24.9. The van der Waals surface area contributed by atoms with Gasteiger partial charge in [0.2, 0.25) is 5.28 Å². The summed E-state index contributed by atoms with van der Waals surface area (Å²) in [5.74, 6) is -0.869. The molecule has 6 unspecified atom stereocenters. The topological polar surface area (TPSA) is 135 Å². The lowest BCUT2D eigenvalue weighted by atomic mass is 9.84. The van der Waals surface area contributed by atoms with Crippen LogP contribution in [0.15, 0.2) is 67.0 Å². The molecule has 2 aromatic carbocycles. The smallest absolute Gasteiger partial charge is 0.303 e. The number of ether oxygens (including phenoxy) is 4. The van der Waals surface area contributed by atoms with Gasteiger partial charge in [-0.15, -0.1) is 0 Å². The molecule has 6 rings (SSSR count). The van der Waals surface area contributed by atoms with Crippen molar-refractivity contribution in [1.29, 1.82) is 0 Å². The lowest BCUT2D eigenvalue weighted by Gasteiger charge is -2.24. The van der Waals surface area contributed by atoms with E-state index in [1.54, 1.807) is 4.57 Å². The van der Waals surface area contributed by atoms with Crippen molar-refractivity contribution < 1.29 is 33.3 Å². The third-order valence-electron chi connectivity index (χ3n) is 8.07. The monoisotopic (exact) mass is 633 g/mol. The van der Waals surface area contributed by atoms with Crippen LogP contribution in [0, 0.1) is 0 Å².